The van der Waals surface area contributed by atoms with E-state index in [4.69, 9.17) is 14.7 Å². The van der Waals surface area contributed by atoms with E-state index >= 15 is 0 Å². The summed E-state index contributed by atoms with van der Waals surface area (Å²) in [4.78, 5) is 0. The van der Waals surface area contributed by atoms with Crippen LogP contribution in [0, 0.1) is 23.2 Å². The second kappa shape index (κ2) is 9.74. The van der Waals surface area contributed by atoms with Gasteiger partial charge in [-0.15, -0.1) is 4.33 Å². The molecule has 1 N–H and O–H groups in total. The lowest BCUT2D eigenvalue weighted by Crippen LogP contribution is -2.48. The number of ether oxygens (including phenoxy) is 2. The van der Waals surface area contributed by atoms with Gasteiger partial charge in [0.1, 0.15) is 0 Å². The molecule has 0 unspecified atom stereocenters. The van der Waals surface area contributed by atoms with Crippen LogP contribution in [-0.4, -0.2) is 37.4 Å². The third kappa shape index (κ3) is 5.58. The third-order valence-electron chi connectivity index (χ3n) is 6.04. The van der Waals surface area contributed by atoms with Gasteiger partial charge in [0.05, 0.1) is 13.2 Å². The molecule has 0 aromatic heterocycles. The molecule has 24 heavy (non-hydrogen) atoms. The number of hydrogen-bond donors (Lipinski definition) is 1. The molecule has 4 rings (SSSR count). The Bertz CT molecular complexity index is 330. The van der Waals surface area contributed by atoms with E-state index in [1.54, 1.807) is 0 Å². The zero-order valence-electron chi connectivity index (χ0n) is 14.6. The van der Waals surface area contributed by atoms with Gasteiger partial charge in [-0.1, -0.05) is 5.04 Å². The van der Waals surface area contributed by atoms with Crippen molar-refractivity contribution in [1.82, 2.24) is 0 Å². The van der Waals surface area contributed by atoms with Crippen LogP contribution >= 0.6 is 12.0 Å². The highest BCUT2D eigenvalue weighted by molar-refractivity contribution is 7.94. The van der Waals surface area contributed by atoms with Gasteiger partial charge in [0.2, 0.25) is 0 Å². The molecule has 0 saturated heterocycles. The second-order valence-electron chi connectivity index (χ2n) is 8.11. The van der Waals surface area contributed by atoms with Crippen LogP contribution < -0.4 is 0 Å². The van der Waals surface area contributed by atoms with Crippen LogP contribution in [0.5, 0.6) is 0 Å². The molecule has 4 fully saturated rings. The summed E-state index contributed by atoms with van der Waals surface area (Å²) in [6, 6.07) is 0. The lowest BCUT2D eigenvalue weighted by molar-refractivity contribution is -0.432. The third-order valence-corrected chi connectivity index (χ3v) is 6.53. The van der Waals surface area contributed by atoms with Gasteiger partial charge in [-0.05, 0) is 81.0 Å². The molecular formula is C18H32O5S. The average Bonchev–Trinajstić information content (AvgIpc) is 2.54. The van der Waals surface area contributed by atoms with Gasteiger partial charge >= 0.3 is 0 Å². The normalized spacial score (nSPS) is 34.1. The highest BCUT2D eigenvalue weighted by atomic mass is 32.2. The Kier molecular flexibility index (Phi) is 7.68. The Balaban J connectivity index is 1.16. The van der Waals surface area contributed by atoms with Crippen LogP contribution in [0.3, 0.4) is 0 Å². The van der Waals surface area contributed by atoms with Crippen LogP contribution in [0.15, 0.2) is 0 Å². The van der Waals surface area contributed by atoms with Gasteiger partial charge in [-0.3, -0.25) is 0 Å². The van der Waals surface area contributed by atoms with Crippen LogP contribution in [0.1, 0.15) is 57.8 Å². The van der Waals surface area contributed by atoms with Gasteiger partial charge in [0.15, 0.2) is 0 Å². The van der Waals surface area contributed by atoms with E-state index < -0.39 is 0 Å². The van der Waals surface area contributed by atoms with Gasteiger partial charge in [-0.2, -0.15) is 0 Å². The monoisotopic (exact) mass is 360 g/mol. The highest BCUT2D eigenvalue weighted by Gasteiger charge is 2.50. The van der Waals surface area contributed by atoms with Gasteiger partial charge < -0.3 is 9.47 Å². The number of rotatable bonds is 13. The van der Waals surface area contributed by atoms with Gasteiger partial charge in [0, 0.05) is 31.0 Å². The van der Waals surface area contributed by atoms with Crippen molar-refractivity contribution in [2.75, 3.05) is 32.2 Å². The van der Waals surface area contributed by atoms with E-state index in [1.165, 1.54) is 38.5 Å². The SMILES string of the molecule is OOOSCCOCCCCCOCC12CC3CC(CC(C3)C1)C2. The van der Waals surface area contributed by atoms with Gasteiger partial charge in [0.25, 0.3) is 0 Å². The van der Waals surface area contributed by atoms with Crippen molar-refractivity contribution in [3.8, 4) is 0 Å². The molecule has 4 aliphatic rings. The summed E-state index contributed by atoms with van der Waals surface area (Å²) in [7, 11) is 0. The number of unbranched alkanes of at least 4 members (excludes halogenated alkanes) is 2. The summed E-state index contributed by atoms with van der Waals surface area (Å²) < 4.78 is 15.8. The van der Waals surface area contributed by atoms with Crippen LogP contribution in [0.2, 0.25) is 0 Å². The first-order valence-corrected chi connectivity index (χ1v) is 10.5. The zero-order chi connectivity index (χ0) is 16.7. The van der Waals surface area contributed by atoms with Crippen molar-refractivity contribution in [2.24, 2.45) is 23.2 Å². The molecule has 0 heterocycles. The first-order valence-electron chi connectivity index (χ1n) is 9.55. The minimum absolute atomic E-state index is 0.551. The van der Waals surface area contributed by atoms with E-state index in [1.807, 2.05) is 0 Å². The van der Waals surface area contributed by atoms with Crippen molar-refractivity contribution in [1.29, 1.82) is 0 Å². The molecular weight excluding hydrogens is 328 g/mol. The molecule has 6 heteroatoms. The molecule has 140 valence electrons. The topological polar surface area (TPSA) is 57.2 Å². The Morgan fingerprint density at radius 3 is 2.08 bits per heavy atom. The summed E-state index contributed by atoms with van der Waals surface area (Å²) in [5, 5.41) is 11.5. The summed E-state index contributed by atoms with van der Waals surface area (Å²) in [6.45, 7) is 3.29. The van der Waals surface area contributed by atoms with E-state index in [0.717, 1.165) is 68.9 Å². The Morgan fingerprint density at radius 1 is 0.833 bits per heavy atom. The Hall–Kier alpha value is 0.150. The molecule has 0 atom stereocenters. The maximum Gasteiger partial charge on any atom is 0.0580 e. The predicted octanol–water partition coefficient (Wildman–Crippen LogP) is 4.48. The molecule has 0 spiro atoms. The van der Waals surface area contributed by atoms with Crippen molar-refractivity contribution in [3.05, 3.63) is 0 Å². The molecule has 4 saturated carbocycles. The Labute approximate surface area is 149 Å². The largest absolute Gasteiger partial charge is 0.381 e. The summed E-state index contributed by atoms with van der Waals surface area (Å²) in [5.74, 6) is 3.70. The first kappa shape index (κ1) is 18.9. The van der Waals surface area contributed by atoms with Crippen molar-refractivity contribution < 1.29 is 24.1 Å². The van der Waals surface area contributed by atoms with E-state index in [-0.39, 0.29) is 0 Å². The fraction of sp³-hybridized carbons (Fsp3) is 1.00. The Morgan fingerprint density at radius 2 is 1.46 bits per heavy atom. The molecule has 0 radical (unpaired) electrons. The fourth-order valence-electron chi connectivity index (χ4n) is 5.59. The standard InChI is InChI=1S/C18H32O5S/c19-22-23-24-7-6-20-4-2-1-3-5-21-14-18-11-15-8-16(12-18)10-17(9-15)13-18/h15-17,19H,1-14H2. The molecule has 4 aliphatic carbocycles. The summed E-state index contributed by atoms with van der Waals surface area (Å²) in [5.41, 5.74) is 0.551. The smallest absolute Gasteiger partial charge is 0.0580 e. The van der Waals surface area contributed by atoms with Crippen molar-refractivity contribution >= 4 is 12.0 Å². The van der Waals surface area contributed by atoms with E-state index in [0.29, 0.717) is 17.8 Å². The van der Waals surface area contributed by atoms with E-state index in [9.17, 15) is 0 Å². The molecule has 0 aromatic rings. The van der Waals surface area contributed by atoms with E-state index in [2.05, 4.69) is 9.37 Å². The van der Waals surface area contributed by atoms with Crippen LogP contribution in [0.25, 0.3) is 0 Å². The molecule has 5 nitrogen and oxygen atoms in total. The molecule has 4 bridgehead atoms. The fourth-order valence-corrected chi connectivity index (χ4v) is 5.89. The predicted molar refractivity (Wildman–Crippen MR) is 93.4 cm³/mol. The second-order valence-corrected chi connectivity index (χ2v) is 8.89. The van der Waals surface area contributed by atoms with Crippen LogP contribution in [-0.2, 0) is 18.8 Å². The summed E-state index contributed by atoms with van der Waals surface area (Å²) in [6.07, 6.45) is 12.2. The molecule has 0 aromatic carbocycles. The van der Waals surface area contributed by atoms with Crippen molar-refractivity contribution in [2.45, 2.75) is 57.8 Å². The number of hydrogen-bond acceptors (Lipinski definition) is 6. The van der Waals surface area contributed by atoms with Crippen LogP contribution in [0.4, 0.5) is 0 Å². The minimum atomic E-state index is 0.551. The highest BCUT2D eigenvalue weighted by Crippen LogP contribution is 2.60. The summed E-state index contributed by atoms with van der Waals surface area (Å²) >= 11 is 1.03. The molecule has 0 aliphatic heterocycles. The maximum atomic E-state index is 7.96. The van der Waals surface area contributed by atoms with Crippen molar-refractivity contribution in [3.63, 3.8) is 0 Å². The zero-order valence-corrected chi connectivity index (χ0v) is 15.4. The van der Waals surface area contributed by atoms with Gasteiger partial charge in [-0.25, -0.2) is 5.26 Å². The first-order chi connectivity index (χ1) is 11.8. The maximum absolute atomic E-state index is 7.96. The lowest BCUT2D eigenvalue weighted by atomic mass is 9.50. The minimum Gasteiger partial charge on any atom is -0.381 e. The average molecular weight is 361 g/mol. The lowest BCUT2D eigenvalue weighted by Gasteiger charge is -2.56. The quantitative estimate of drug-likeness (QED) is 0.226. The molecule has 0 amide bonds.